The third-order valence-electron chi connectivity index (χ3n) is 4.94. The molecule has 6 heteroatoms. The van der Waals surface area contributed by atoms with Gasteiger partial charge in [0.05, 0.1) is 11.8 Å². The summed E-state index contributed by atoms with van der Waals surface area (Å²) in [6, 6.07) is 17.8. The zero-order valence-electron chi connectivity index (χ0n) is 15.0. The molecule has 1 heterocycles. The Morgan fingerprint density at radius 1 is 1.25 bits per heavy atom. The van der Waals surface area contributed by atoms with Crippen LogP contribution in [0.3, 0.4) is 0 Å². The number of rotatable bonds is 5. The van der Waals surface area contributed by atoms with Crippen LogP contribution in [0.15, 0.2) is 64.4 Å². The minimum atomic E-state index is -0.0215. The lowest BCUT2D eigenvalue weighted by molar-refractivity contribution is -0.117. The summed E-state index contributed by atoms with van der Waals surface area (Å²) in [6.45, 7) is 0. The number of nitrogens with one attached hydrogen (secondary N) is 1. The van der Waals surface area contributed by atoms with E-state index in [0.717, 1.165) is 34.4 Å². The van der Waals surface area contributed by atoms with Gasteiger partial charge in [-0.1, -0.05) is 30.3 Å². The van der Waals surface area contributed by atoms with Gasteiger partial charge in [-0.2, -0.15) is 21.7 Å². The molecule has 0 aliphatic heterocycles. The predicted octanol–water partition coefficient (Wildman–Crippen LogP) is 4.32. The number of thiophene rings is 1. The Balaban J connectivity index is 1.41. The molecule has 0 spiro atoms. The predicted molar refractivity (Wildman–Crippen MR) is 112 cm³/mol. The Kier molecular flexibility index (Phi) is 4.92. The number of carbonyl (C=O) groups excluding carboxylic acids is 1. The summed E-state index contributed by atoms with van der Waals surface area (Å²) in [5.74, 6) is 5.45. The van der Waals surface area contributed by atoms with Crippen LogP contribution in [-0.2, 0) is 4.79 Å². The number of hydrogen-bond acceptors (Lipinski definition) is 5. The van der Waals surface area contributed by atoms with E-state index in [1.165, 1.54) is 11.3 Å². The molecule has 1 saturated carbocycles. The lowest BCUT2D eigenvalue weighted by Gasteiger charge is -2.07. The third-order valence-corrected chi connectivity index (χ3v) is 5.68. The summed E-state index contributed by atoms with van der Waals surface area (Å²) < 4.78 is 0. The van der Waals surface area contributed by atoms with E-state index >= 15 is 0 Å². The molecule has 5 nitrogen and oxygen atoms in total. The van der Waals surface area contributed by atoms with E-state index in [9.17, 15) is 4.79 Å². The molecule has 0 saturated heterocycles. The van der Waals surface area contributed by atoms with Crippen LogP contribution in [-0.4, -0.2) is 12.1 Å². The highest BCUT2D eigenvalue weighted by Gasteiger charge is 2.43. The SMILES string of the molecule is N#Cc1cscc1-c1ccc(NC(=O)[C@@H]2C[C@@H]2c2cccc(C=NN)c2)cc1. The van der Waals surface area contributed by atoms with Crippen LogP contribution in [0.25, 0.3) is 11.1 Å². The van der Waals surface area contributed by atoms with Gasteiger partial charge in [0.15, 0.2) is 0 Å². The van der Waals surface area contributed by atoms with Crippen molar-refractivity contribution in [3.05, 3.63) is 76.0 Å². The Hall–Kier alpha value is -3.43. The lowest BCUT2D eigenvalue weighted by atomic mass is 10.0. The van der Waals surface area contributed by atoms with Crippen molar-refractivity contribution in [1.82, 2.24) is 0 Å². The normalized spacial score (nSPS) is 18.0. The van der Waals surface area contributed by atoms with Crippen molar-refractivity contribution in [3.8, 4) is 17.2 Å². The number of hydrazone groups is 1. The number of amides is 1. The van der Waals surface area contributed by atoms with Gasteiger partial charge in [0.25, 0.3) is 0 Å². The molecule has 138 valence electrons. The van der Waals surface area contributed by atoms with E-state index in [4.69, 9.17) is 11.1 Å². The molecule has 1 aromatic heterocycles. The van der Waals surface area contributed by atoms with Crippen molar-refractivity contribution in [2.75, 3.05) is 5.32 Å². The molecule has 3 aromatic rings. The third kappa shape index (κ3) is 3.66. The first-order valence-electron chi connectivity index (χ1n) is 8.90. The highest BCUT2D eigenvalue weighted by atomic mass is 32.1. The fraction of sp³-hybridized carbons (Fsp3) is 0.136. The van der Waals surface area contributed by atoms with Crippen molar-refractivity contribution in [3.63, 3.8) is 0 Å². The highest BCUT2D eigenvalue weighted by molar-refractivity contribution is 7.08. The number of benzene rings is 2. The maximum atomic E-state index is 12.6. The average Bonchev–Trinajstić information content (AvgIpc) is 3.39. The van der Waals surface area contributed by atoms with Gasteiger partial charge in [-0.05, 0) is 52.6 Å². The summed E-state index contributed by atoms with van der Waals surface area (Å²) in [5.41, 5.74) is 5.40. The van der Waals surface area contributed by atoms with Gasteiger partial charge >= 0.3 is 0 Å². The van der Waals surface area contributed by atoms with Crippen molar-refractivity contribution >= 4 is 29.1 Å². The fourth-order valence-corrected chi connectivity index (χ4v) is 4.17. The van der Waals surface area contributed by atoms with E-state index in [0.29, 0.717) is 5.56 Å². The van der Waals surface area contributed by atoms with Crippen molar-refractivity contribution in [2.24, 2.45) is 16.9 Å². The van der Waals surface area contributed by atoms with Gasteiger partial charge in [0, 0.05) is 22.5 Å². The zero-order valence-corrected chi connectivity index (χ0v) is 15.8. The maximum absolute atomic E-state index is 12.6. The fourth-order valence-electron chi connectivity index (χ4n) is 3.38. The Morgan fingerprint density at radius 3 is 2.82 bits per heavy atom. The van der Waals surface area contributed by atoms with Gasteiger partial charge < -0.3 is 11.2 Å². The standard InChI is InChI=1S/C22H18N4OS/c23-10-17-12-28-13-21(17)15-4-6-18(7-5-15)26-22(27)20-9-19(20)16-3-1-2-14(8-16)11-25-24/h1-8,11-13,19-20H,9,24H2,(H,26,27)/t19-,20-/m1/s1. The molecule has 2 aromatic carbocycles. The number of nitriles is 1. The molecule has 4 rings (SSSR count). The first-order valence-corrected chi connectivity index (χ1v) is 9.84. The number of hydrogen-bond donors (Lipinski definition) is 2. The second-order valence-electron chi connectivity index (χ2n) is 6.77. The first kappa shape index (κ1) is 18.0. The Morgan fingerprint density at radius 2 is 2.07 bits per heavy atom. The van der Waals surface area contributed by atoms with Crippen molar-refractivity contribution in [1.29, 1.82) is 5.26 Å². The minimum Gasteiger partial charge on any atom is -0.326 e. The van der Waals surface area contributed by atoms with Crippen LogP contribution in [0.5, 0.6) is 0 Å². The summed E-state index contributed by atoms with van der Waals surface area (Å²) in [5, 5.41) is 19.5. The molecule has 2 atom stereocenters. The molecule has 1 fully saturated rings. The van der Waals surface area contributed by atoms with Gasteiger partial charge in [-0.3, -0.25) is 4.79 Å². The second-order valence-corrected chi connectivity index (χ2v) is 7.52. The quantitative estimate of drug-likeness (QED) is 0.389. The van der Waals surface area contributed by atoms with Gasteiger partial charge in [-0.15, -0.1) is 0 Å². The summed E-state index contributed by atoms with van der Waals surface area (Å²) in [4.78, 5) is 12.6. The Labute approximate surface area is 167 Å². The summed E-state index contributed by atoms with van der Waals surface area (Å²) in [7, 11) is 0. The second kappa shape index (κ2) is 7.67. The summed E-state index contributed by atoms with van der Waals surface area (Å²) >= 11 is 1.51. The molecule has 1 aliphatic rings. The minimum absolute atomic E-state index is 0.0215. The molecular formula is C22H18N4OS. The van der Waals surface area contributed by atoms with E-state index in [2.05, 4.69) is 16.5 Å². The topological polar surface area (TPSA) is 91.3 Å². The van der Waals surface area contributed by atoms with Crippen LogP contribution in [0.2, 0.25) is 0 Å². The van der Waals surface area contributed by atoms with Crippen LogP contribution < -0.4 is 11.2 Å². The number of anilines is 1. The largest absolute Gasteiger partial charge is 0.326 e. The number of carbonyl (C=O) groups is 1. The van der Waals surface area contributed by atoms with Crippen LogP contribution in [0.4, 0.5) is 5.69 Å². The van der Waals surface area contributed by atoms with Gasteiger partial charge in [0.2, 0.25) is 5.91 Å². The number of nitrogens with two attached hydrogens (primary N) is 1. The lowest BCUT2D eigenvalue weighted by Crippen LogP contribution is -2.14. The van der Waals surface area contributed by atoms with Gasteiger partial charge in [0.1, 0.15) is 6.07 Å². The average molecular weight is 386 g/mol. The monoisotopic (exact) mass is 386 g/mol. The molecule has 1 aliphatic carbocycles. The zero-order chi connectivity index (χ0) is 19.5. The maximum Gasteiger partial charge on any atom is 0.228 e. The van der Waals surface area contributed by atoms with E-state index in [1.807, 2.05) is 59.3 Å². The van der Waals surface area contributed by atoms with Crippen LogP contribution >= 0.6 is 11.3 Å². The van der Waals surface area contributed by atoms with Crippen molar-refractivity contribution < 1.29 is 4.79 Å². The van der Waals surface area contributed by atoms with E-state index < -0.39 is 0 Å². The highest BCUT2D eigenvalue weighted by Crippen LogP contribution is 2.48. The molecule has 28 heavy (non-hydrogen) atoms. The van der Waals surface area contributed by atoms with Crippen LogP contribution in [0, 0.1) is 17.2 Å². The van der Waals surface area contributed by atoms with E-state index in [1.54, 1.807) is 6.21 Å². The van der Waals surface area contributed by atoms with E-state index in [-0.39, 0.29) is 17.7 Å². The molecule has 1 amide bonds. The molecule has 0 unspecified atom stereocenters. The smallest absolute Gasteiger partial charge is 0.228 e. The molecule has 3 N–H and O–H groups in total. The molecule has 0 radical (unpaired) electrons. The van der Waals surface area contributed by atoms with Crippen molar-refractivity contribution in [2.45, 2.75) is 12.3 Å². The first-order chi connectivity index (χ1) is 13.7. The number of nitrogens with zero attached hydrogens (tertiary/aromatic N) is 2. The molecule has 0 bridgehead atoms. The molecular weight excluding hydrogens is 368 g/mol. The van der Waals surface area contributed by atoms with Gasteiger partial charge in [-0.25, -0.2) is 0 Å². The van der Waals surface area contributed by atoms with Crippen LogP contribution in [0.1, 0.15) is 29.0 Å². The Bertz CT molecular complexity index is 1080. The summed E-state index contributed by atoms with van der Waals surface area (Å²) in [6.07, 6.45) is 2.45.